The smallest absolute Gasteiger partial charge is 0.292 e. The number of aromatic amines is 1. The van der Waals surface area contributed by atoms with Gasteiger partial charge in [-0.3, -0.25) is 0 Å². The molecular formula is C13H13N3O2. The average molecular weight is 243 g/mol. The van der Waals surface area contributed by atoms with Gasteiger partial charge in [0.1, 0.15) is 17.7 Å². The number of benzene rings is 1. The third-order valence-corrected chi connectivity index (χ3v) is 2.76. The fraction of sp³-hybridized carbons (Fsp3) is 0.154. The highest BCUT2D eigenvalue weighted by Crippen LogP contribution is 2.31. The summed E-state index contributed by atoms with van der Waals surface area (Å²) in [6, 6.07) is 6.06. The van der Waals surface area contributed by atoms with Crippen molar-refractivity contribution in [1.29, 1.82) is 0 Å². The summed E-state index contributed by atoms with van der Waals surface area (Å²) in [5.74, 6) is 0.835. The first-order valence-corrected chi connectivity index (χ1v) is 5.73. The van der Waals surface area contributed by atoms with Crippen LogP contribution >= 0.6 is 0 Å². The van der Waals surface area contributed by atoms with Gasteiger partial charge < -0.3 is 19.9 Å². The van der Waals surface area contributed by atoms with Crippen molar-refractivity contribution in [2.24, 2.45) is 0 Å². The van der Waals surface area contributed by atoms with Crippen LogP contribution in [0.5, 0.6) is 5.75 Å². The zero-order valence-electron chi connectivity index (χ0n) is 9.93. The third-order valence-electron chi connectivity index (χ3n) is 2.76. The number of aromatic nitrogens is 2. The molecule has 0 aliphatic carbocycles. The van der Waals surface area contributed by atoms with Crippen LogP contribution in [0.15, 0.2) is 35.1 Å². The van der Waals surface area contributed by atoms with E-state index in [9.17, 15) is 0 Å². The van der Waals surface area contributed by atoms with Crippen LogP contribution in [0.3, 0.4) is 0 Å². The van der Waals surface area contributed by atoms with Gasteiger partial charge in [0.2, 0.25) is 0 Å². The maximum Gasteiger partial charge on any atom is 0.292 e. The average Bonchev–Trinajstić information content (AvgIpc) is 2.95. The number of nitrogens with two attached hydrogens (primary N) is 1. The van der Waals surface area contributed by atoms with Crippen LogP contribution in [0.2, 0.25) is 0 Å². The van der Waals surface area contributed by atoms with Crippen molar-refractivity contribution < 1.29 is 9.15 Å². The lowest BCUT2D eigenvalue weighted by Gasteiger charge is -2.02. The molecule has 0 spiro atoms. The highest BCUT2D eigenvalue weighted by molar-refractivity contribution is 5.95. The van der Waals surface area contributed by atoms with Crippen molar-refractivity contribution in [1.82, 2.24) is 9.97 Å². The van der Waals surface area contributed by atoms with Crippen LogP contribution in [0.4, 0.5) is 6.01 Å². The second-order valence-corrected chi connectivity index (χ2v) is 3.91. The summed E-state index contributed by atoms with van der Waals surface area (Å²) >= 11 is 0. The number of nitrogens with zero attached hydrogens (tertiary/aromatic N) is 1. The molecule has 2 aromatic heterocycles. The second-order valence-electron chi connectivity index (χ2n) is 3.91. The molecule has 0 radical (unpaired) electrons. The zero-order valence-corrected chi connectivity index (χ0v) is 9.93. The van der Waals surface area contributed by atoms with E-state index in [4.69, 9.17) is 14.9 Å². The largest absolute Gasteiger partial charge is 0.494 e. The minimum absolute atomic E-state index is 0.167. The van der Waals surface area contributed by atoms with E-state index in [0.29, 0.717) is 12.3 Å². The Morgan fingerprint density at radius 2 is 2.33 bits per heavy atom. The highest BCUT2D eigenvalue weighted by Gasteiger charge is 2.10. The molecule has 18 heavy (non-hydrogen) atoms. The van der Waals surface area contributed by atoms with Crippen molar-refractivity contribution in [3.63, 3.8) is 0 Å². The van der Waals surface area contributed by atoms with Crippen molar-refractivity contribution >= 4 is 16.9 Å². The summed E-state index contributed by atoms with van der Waals surface area (Å²) < 4.78 is 10.5. The SMILES string of the molecule is CCOc1ccc2[nH]cc(-c3coc(N)n3)c2c1. The molecular weight excluding hydrogens is 230 g/mol. The maximum atomic E-state index is 5.50. The fourth-order valence-corrected chi connectivity index (χ4v) is 1.98. The number of hydrogen-bond acceptors (Lipinski definition) is 4. The van der Waals surface area contributed by atoms with Crippen LogP contribution in [0.1, 0.15) is 6.92 Å². The molecule has 0 aliphatic rings. The Balaban J connectivity index is 2.14. The normalized spacial score (nSPS) is 10.9. The monoisotopic (exact) mass is 243 g/mol. The number of ether oxygens (including phenoxy) is 1. The minimum Gasteiger partial charge on any atom is -0.494 e. The Hall–Kier alpha value is -2.43. The van der Waals surface area contributed by atoms with Crippen molar-refractivity contribution in [2.45, 2.75) is 6.92 Å². The molecule has 1 aromatic carbocycles. The molecule has 0 bridgehead atoms. The summed E-state index contributed by atoms with van der Waals surface area (Å²) in [6.07, 6.45) is 3.43. The van der Waals surface area contributed by atoms with Gasteiger partial charge in [-0.1, -0.05) is 0 Å². The van der Waals surface area contributed by atoms with Gasteiger partial charge in [0.15, 0.2) is 0 Å². The molecule has 2 heterocycles. The Morgan fingerprint density at radius 3 is 3.06 bits per heavy atom. The first kappa shape index (κ1) is 10.7. The molecule has 3 aromatic rings. The molecule has 0 fully saturated rings. The number of fused-ring (bicyclic) bond motifs is 1. The Labute approximate surface area is 104 Å². The first-order chi connectivity index (χ1) is 8.78. The molecule has 3 N–H and O–H groups in total. The second kappa shape index (κ2) is 4.10. The van der Waals surface area contributed by atoms with Crippen LogP contribution < -0.4 is 10.5 Å². The van der Waals surface area contributed by atoms with Crippen molar-refractivity contribution in [3.8, 4) is 17.0 Å². The molecule has 3 rings (SSSR count). The number of rotatable bonds is 3. The van der Waals surface area contributed by atoms with Gasteiger partial charge in [-0.2, -0.15) is 4.98 Å². The van der Waals surface area contributed by atoms with E-state index in [2.05, 4.69) is 9.97 Å². The molecule has 0 saturated heterocycles. The standard InChI is InChI=1S/C13H13N3O2/c1-2-17-8-3-4-11-9(5-8)10(6-15-11)12-7-18-13(14)16-12/h3-7,15H,2H2,1H3,(H2,14,16). The van der Waals surface area contributed by atoms with Crippen LogP contribution in [0, 0.1) is 0 Å². The highest BCUT2D eigenvalue weighted by atomic mass is 16.5. The van der Waals surface area contributed by atoms with Crippen molar-refractivity contribution in [2.75, 3.05) is 12.3 Å². The quantitative estimate of drug-likeness (QED) is 0.741. The number of nitrogens with one attached hydrogen (secondary N) is 1. The number of hydrogen-bond donors (Lipinski definition) is 2. The molecule has 5 nitrogen and oxygen atoms in total. The lowest BCUT2D eigenvalue weighted by atomic mass is 10.1. The summed E-state index contributed by atoms with van der Waals surface area (Å²) in [5.41, 5.74) is 8.18. The number of oxazole rings is 1. The van der Waals surface area contributed by atoms with Crippen LogP contribution in [-0.4, -0.2) is 16.6 Å². The molecule has 5 heteroatoms. The van der Waals surface area contributed by atoms with E-state index in [1.54, 1.807) is 6.26 Å². The molecule has 0 atom stereocenters. The summed E-state index contributed by atoms with van der Waals surface area (Å²) in [6.45, 7) is 2.60. The maximum absolute atomic E-state index is 5.50. The minimum atomic E-state index is 0.167. The van der Waals surface area contributed by atoms with E-state index in [1.807, 2.05) is 31.3 Å². The van der Waals surface area contributed by atoms with Crippen molar-refractivity contribution in [3.05, 3.63) is 30.7 Å². The molecule has 92 valence electrons. The van der Waals surface area contributed by atoms with E-state index in [1.165, 1.54) is 0 Å². The number of anilines is 1. The Kier molecular flexibility index (Phi) is 2.44. The van der Waals surface area contributed by atoms with Gasteiger partial charge in [-0.05, 0) is 25.1 Å². The summed E-state index contributed by atoms with van der Waals surface area (Å²) in [5, 5.41) is 1.04. The lowest BCUT2D eigenvalue weighted by molar-refractivity contribution is 0.341. The van der Waals surface area contributed by atoms with E-state index in [-0.39, 0.29) is 6.01 Å². The first-order valence-electron chi connectivity index (χ1n) is 5.73. The fourth-order valence-electron chi connectivity index (χ4n) is 1.98. The molecule has 0 unspecified atom stereocenters. The Bertz CT molecular complexity index is 684. The zero-order chi connectivity index (χ0) is 12.5. The summed E-state index contributed by atoms with van der Waals surface area (Å²) in [4.78, 5) is 7.32. The van der Waals surface area contributed by atoms with Gasteiger partial charge in [0, 0.05) is 22.7 Å². The predicted octanol–water partition coefficient (Wildman–Crippen LogP) is 2.80. The summed E-state index contributed by atoms with van der Waals surface area (Å²) in [7, 11) is 0. The van der Waals surface area contributed by atoms with Crippen LogP contribution in [-0.2, 0) is 0 Å². The number of nitrogen functional groups attached to an aromatic ring is 1. The van der Waals surface area contributed by atoms with Gasteiger partial charge in [0.25, 0.3) is 6.01 Å². The molecule has 0 saturated carbocycles. The predicted molar refractivity (Wildman–Crippen MR) is 69.4 cm³/mol. The number of H-pyrrole nitrogens is 1. The lowest BCUT2D eigenvalue weighted by Crippen LogP contribution is -1.90. The Morgan fingerprint density at radius 1 is 1.44 bits per heavy atom. The van der Waals surface area contributed by atoms with E-state index in [0.717, 1.165) is 22.2 Å². The molecule has 0 aliphatic heterocycles. The van der Waals surface area contributed by atoms with E-state index < -0.39 is 0 Å². The van der Waals surface area contributed by atoms with Gasteiger partial charge >= 0.3 is 0 Å². The van der Waals surface area contributed by atoms with Gasteiger partial charge in [0.05, 0.1) is 6.61 Å². The van der Waals surface area contributed by atoms with E-state index >= 15 is 0 Å². The topological polar surface area (TPSA) is 77.1 Å². The third kappa shape index (κ3) is 1.69. The molecule has 0 amide bonds. The van der Waals surface area contributed by atoms with Gasteiger partial charge in [-0.25, -0.2) is 0 Å². The van der Waals surface area contributed by atoms with Gasteiger partial charge in [-0.15, -0.1) is 0 Å². The van der Waals surface area contributed by atoms with Crippen LogP contribution in [0.25, 0.3) is 22.2 Å².